The van der Waals surface area contributed by atoms with E-state index in [9.17, 15) is 9.46 Å². The van der Waals surface area contributed by atoms with E-state index in [1.165, 1.54) is 25.9 Å². The number of hydrogen-bond donors (Lipinski definition) is 1. The summed E-state index contributed by atoms with van der Waals surface area (Å²) < 4.78 is 16.4. The Labute approximate surface area is 92.1 Å². The van der Waals surface area contributed by atoms with Crippen LogP contribution < -0.4 is 10.0 Å². The predicted molar refractivity (Wildman–Crippen MR) is 58.4 cm³/mol. The van der Waals surface area contributed by atoms with Crippen molar-refractivity contribution in [3.63, 3.8) is 0 Å². The van der Waals surface area contributed by atoms with Crippen LogP contribution >= 0.6 is 30.6 Å². The fraction of sp³-hybridized carbons (Fsp3) is 0.250. The van der Waals surface area contributed by atoms with Crippen molar-refractivity contribution >= 4 is 35.9 Å². The van der Waals surface area contributed by atoms with E-state index >= 15 is 0 Å². The number of methoxy groups -OCH3 is 1. The fourth-order valence-electron chi connectivity index (χ4n) is 1.06. The van der Waals surface area contributed by atoms with E-state index in [2.05, 4.69) is 0 Å². The minimum absolute atomic E-state index is 0.137. The first kappa shape index (κ1) is 11.9. The quantitative estimate of drug-likeness (QED) is 0.826. The molecular weight excluding hydrogens is 246 g/mol. The van der Waals surface area contributed by atoms with Crippen LogP contribution in [0.3, 0.4) is 0 Å². The lowest BCUT2D eigenvalue weighted by molar-refractivity contribution is 0.416. The number of ether oxygens (including phenoxy) is 1. The van der Waals surface area contributed by atoms with Gasteiger partial charge in [0.05, 0.1) is 17.4 Å². The van der Waals surface area contributed by atoms with Gasteiger partial charge < -0.3 is 9.63 Å². The molecule has 1 atom stereocenters. The highest BCUT2D eigenvalue weighted by Gasteiger charge is 2.22. The number of hydrogen-bond acceptors (Lipinski definition) is 2. The van der Waals surface area contributed by atoms with Crippen molar-refractivity contribution in [3.05, 3.63) is 22.2 Å². The molecule has 1 rings (SSSR count). The van der Waals surface area contributed by atoms with Crippen molar-refractivity contribution in [2.45, 2.75) is 0 Å². The monoisotopic (exact) mass is 254 g/mol. The van der Waals surface area contributed by atoms with Crippen molar-refractivity contribution in [2.24, 2.45) is 0 Å². The molecule has 0 fully saturated rings. The van der Waals surface area contributed by atoms with E-state index in [0.717, 1.165) is 0 Å². The van der Waals surface area contributed by atoms with Gasteiger partial charge in [-0.2, -0.15) is 0 Å². The van der Waals surface area contributed by atoms with Gasteiger partial charge in [-0.3, -0.25) is 4.57 Å². The lowest BCUT2D eigenvalue weighted by Crippen LogP contribution is -2.08. The van der Waals surface area contributed by atoms with Crippen LogP contribution in [0.4, 0.5) is 0 Å². The highest BCUT2D eigenvalue weighted by molar-refractivity contribution is 7.65. The van der Waals surface area contributed by atoms with E-state index < -0.39 is 7.37 Å². The molecule has 1 aromatic carbocycles. The zero-order chi connectivity index (χ0) is 10.9. The summed E-state index contributed by atoms with van der Waals surface area (Å²) in [5, 5.41) is 0.672. The molecule has 0 aliphatic carbocycles. The van der Waals surface area contributed by atoms with Crippen LogP contribution in [-0.4, -0.2) is 18.7 Å². The molecule has 3 nitrogen and oxygen atoms in total. The molecule has 0 aliphatic heterocycles. The van der Waals surface area contributed by atoms with Crippen molar-refractivity contribution in [2.75, 3.05) is 13.8 Å². The molecule has 78 valence electrons. The van der Waals surface area contributed by atoms with Crippen LogP contribution in [0.5, 0.6) is 5.75 Å². The van der Waals surface area contributed by atoms with Gasteiger partial charge in [0.2, 0.25) is 7.37 Å². The smallest absolute Gasteiger partial charge is 0.230 e. The number of benzene rings is 1. The lowest BCUT2D eigenvalue weighted by atomic mass is 10.3. The number of halogens is 2. The second-order valence-electron chi connectivity index (χ2n) is 2.82. The average Bonchev–Trinajstić information content (AvgIpc) is 2.01. The maximum Gasteiger partial charge on any atom is 0.230 e. The lowest BCUT2D eigenvalue weighted by Gasteiger charge is -2.12. The van der Waals surface area contributed by atoms with E-state index in [0.29, 0.717) is 5.02 Å². The molecule has 0 heterocycles. The zero-order valence-corrected chi connectivity index (χ0v) is 10.0. The Balaban J connectivity index is 3.48. The summed E-state index contributed by atoms with van der Waals surface area (Å²) in [5.74, 6) is 0.199. The molecule has 0 radical (unpaired) electrons. The second-order valence-corrected chi connectivity index (χ2v) is 5.90. The largest absolute Gasteiger partial charge is 0.494 e. The standard InChI is InChI=1S/C8H9Cl2O3P/c1-13-8-6(10)3-5(9)4-7(8)14(2,11)12/h3-4H,1-2H3,(H,11,12). The minimum Gasteiger partial charge on any atom is -0.494 e. The molecule has 0 bridgehead atoms. The van der Waals surface area contributed by atoms with Crippen LogP contribution in [-0.2, 0) is 4.57 Å². The molecule has 6 heteroatoms. The fourth-order valence-corrected chi connectivity index (χ4v) is 2.74. The van der Waals surface area contributed by atoms with Crippen molar-refractivity contribution in [1.82, 2.24) is 0 Å². The van der Waals surface area contributed by atoms with Crippen LogP contribution in [0, 0.1) is 0 Å². The molecular formula is C8H9Cl2O3P. The topological polar surface area (TPSA) is 46.5 Å². The summed E-state index contributed by atoms with van der Waals surface area (Å²) in [5.41, 5.74) is 0. The Bertz CT molecular complexity index is 400. The average molecular weight is 255 g/mol. The zero-order valence-electron chi connectivity index (χ0n) is 7.62. The van der Waals surface area contributed by atoms with Gasteiger partial charge in [-0.25, -0.2) is 0 Å². The molecule has 1 N–H and O–H groups in total. The van der Waals surface area contributed by atoms with Gasteiger partial charge >= 0.3 is 0 Å². The van der Waals surface area contributed by atoms with Crippen LogP contribution in [0.25, 0.3) is 0 Å². The third-order valence-corrected chi connectivity index (χ3v) is 3.37. The molecule has 1 unspecified atom stereocenters. The van der Waals surface area contributed by atoms with Crippen LogP contribution in [0.2, 0.25) is 10.0 Å². The summed E-state index contributed by atoms with van der Waals surface area (Å²) in [6, 6.07) is 2.84. The molecule has 0 saturated heterocycles. The van der Waals surface area contributed by atoms with Gasteiger partial charge in [-0.1, -0.05) is 23.2 Å². The number of rotatable bonds is 2. The third-order valence-electron chi connectivity index (χ3n) is 1.64. The van der Waals surface area contributed by atoms with Crippen LogP contribution in [0.15, 0.2) is 12.1 Å². The third kappa shape index (κ3) is 2.43. The van der Waals surface area contributed by atoms with Gasteiger partial charge in [0.15, 0.2) is 5.75 Å². The van der Waals surface area contributed by atoms with E-state index in [1.54, 1.807) is 0 Å². The van der Waals surface area contributed by atoms with Gasteiger partial charge in [0, 0.05) is 11.7 Å². The van der Waals surface area contributed by atoms with E-state index in [1.807, 2.05) is 0 Å². The summed E-state index contributed by atoms with van der Waals surface area (Å²) >= 11 is 11.5. The normalized spacial score (nSPS) is 14.9. The molecule has 0 spiro atoms. The molecule has 0 saturated carbocycles. The van der Waals surface area contributed by atoms with Crippen molar-refractivity contribution in [3.8, 4) is 5.75 Å². The SMILES string of the molecule is COc1c(Cl)cc(Cl)cc1P(C)(=O)O. The minimum atomic E-state index is -3.42. The van der Waals surface area contributed by atoms with Crippen molar-refractivity contribution in [1.29, 1.82) is 0 Å². The highest BCUT2D eigenvalue weighted by Crippen LogP contribution is 2.41. The van der Waals surface area contributed by atoms with E-state index in [-0.39, 0.29) is 16.1 Å². The van der Waals surface area contributed by atoms with Crippen molar-refractivity contribution < 1.29 is 14.2 Å². The molecule has 0 aliphatic rings. The molecule has 14 heavy (non-hydrogen) atoms. The van der Waals surface area contributed by atoms with E-state index in [4.69, 9.17) is 27.9 Å². The first-order valence-corrected chi connectivity index (χ1v) is 6.56. The summed E-state index contributed by atoms with van der Waals surface area (Å²) in [7, 11) is -2.04. The van der Waals surface area contributed by atoms with Gasteiger partial charge in [-0.15, -0.1) is 0 Å². The summed E-state index contributed by atoms with van der Waals surface area (Å²) in [6.07, 6.45) is 0. The Morgan fingerprint density at radius 3 is 2.43 bits per heavy atom. The van der Waals surface area contributed by atoms with Gasteiger partial charge in [0.1, 0.15) is 0 Å². The first-order chi connectivity index (χ1) is 6.36. The highest BCUT2D eigenvalue weighted by atomic mass is 35.5. The Morgan fingerprint density at radius 1 is 1.43 bits per heavy atom. The summed E-state index contributed by atoms with van der Waals surface area (Å²) in [4.78, 5) is 9.41. The summed E-state index contributed by atoms with van der Waals surface area (Å²) in [6.45, 7) is 1.21. The Hall–Kier alpha value is -0.210. The van der Waals surface area contributed by atoms with Gasteiger partial charge in [-0.05, 0) is 12.1 Å². The van der Waals surface area contributed by atoms with Gasteiger partial charge in [0.25, 0.3) is 0 Å². The molecule has 0 amide bonds. The Morgan fingerprint density at radius 2 is 2.00 bits per heavy atom. The predicted octanol–water partition coefficient (Wildman–Crippen LogP) is 2.53. The van der Waals surface area contributed by atoms with Crippen LogP contribution in [0.1, 0.15) is 0 Å². The second kappa shape index (κ2) is 4.11. The molecule has 0 aromatic heterocycles. The maximum absolute atomic E-state index is 11.5. The molecule has 1 aromatic rings. The Kier molecular flexibility index (Phi) is 3.49. The maximum atomic E-state index is 11.5. The first-order valence-electron chi connectivity index (χ1n) is 3.70.